The highest BCUT2D eigenvalue weighted by Crippen LogP contribution is 2.29. The molecule has 0 unspecified atom stereocenters. The topological polar surface area (TPSA) is 30.7 Å². The summed E-state index contributed by atoms with van der Waals surface area (Å²) in [5.41, 5.74) is 3.51. The zero-order chi connectivity index (χ0) is 20.1. The average molecular weight is 438 g/mol. The molecule has 3 nitrogen and oxygen atoms in total. The van der Waals surface area contributed by atoms with Gasteiger partial charge in [-0.25, -0.2) is 0 Å². The van der Waals surface area contributed by atoms with E-state index < -0.39 is 0 Å². The molecule has 4 aromatic rings. The van der Waals surface area contributed by atoms with E-state index in [9.17, 15) is 0 Å². The third-order valence-electron chi connectivity index (χ3n) is 4.36. The van der Waals surface area contributed by atoms with Gasteiger partial charge >= 0.3 is 0 Å². The van der Waals surface area contributed by atoms with Crippen molar-refractivity contribution in [1.29, 1.82) is 0 Å². The molecule has 1 aromatic heterocycles. The molecule has 0 saturated carbocycles. The number of para-hydroxylation sites is 1. The first-order valence-corrected chi connectivity index (χ1v) is 11.6. The molecule has 146 valence electrons. The Bertz CT molecular complexity index is 1080. The molecule has 0 bridgehead atoms. The van der Waals surface area contributed by atoms with Gasteiger partial charge < -0.3 is 0 Å². The fraction of sp³-hybridized carbons (Fsp3) is 0.130. The SMILES string of the molecule is Cc1ccc(SCc2nnc(SCc3cccc(Cl)c3)n2-c2ccccc2)cc1. The number of aromatic nitrogens is 3. The molecule has 0 radical (unpaired) electrons. The van der Waals surface area contributed by atoms with Crippen LogP contribution in [0.15, 0.2) is 88.9 Å². The minimum atomic E-state index is 0.753. The van der Waals surface area contributed by atoms with Crippen molar-refractivity contribution in [2.75, 3.05) is 0 Å². The molecule has 3 aromatic carbocycles. The van der Waals surface area contributed by atoms with Crippen LogP contribution in [0.5, 0.6) is 0 Å². The first-order chi connectivity index (χ1) is 14.2. The maximum Gasteiger partial charge on any atom is 0.196 e. The molecule has 0 saturated heterocycles. The lowest BCUT2D eigenvalue weighted by Gasteiger charge is -2.10. The predicted molar refractivity (Wildman–Crippen MR) is 123 cm³/mol. The first-order valence-electron chi connectivity index (χ1n) is 9.25. The van der Waals surface area contributed by atoms with E-state index in [2.05, 4.69) is 64.2 Å². The Morgan fingerprint density at radius 2 is 1.62 bits per heavy atom. The lowest BCUT2D eigenvalue weighted by atomic mass is 10.2. The second-order valence-electron chi connectivity index (χ2n) is 6.59. The standard InChI is InChI=1S/C23H20ClN3S2/c1-17-10-12-21(13-11-17)28-16-22-25-26-23(27(22)20-8-3-2-4-9-20)29-15-18-6-5-7-19(24)14-18/h2-14H,15-16H2,1H3. The molecular weight excluding hydrogens is 418 g/mol. The second kappa shape index (κ2) is 9.53. The van der Waals surface area contributed by atoms with Crippen molar-refractivity contribution in [3.63, 3.8) is 0 Å². The number of hydrogen-bond acceptors (Lipinski definition) is 4. The molecule has 1 heterocycles. The van der Waals surface area contributed by atoms with Crippen LogP contribution in [0, 0.1) is 6.92 Å². The van der Waals surface area contributed by atoms with Gasteiger partial charge in [-0.05, 0) is 48.9 Å². The summed E-state index contributed by atoms with van der Waals surface area (Å²) in [6, 6.07) is 26.8. The summed E-state index contributed by atoms with van der Waals surface area (Å²) in [7, 11) is 0. The number of benzene rings is 3. The summed E-state index contributed by atoms with van der Waals surface area (Å²) >= 11 is 9.56. The van der Waals surface area contributed by atoms with Gasteiger partial charge in [0.15, 0.2) is 5.16 Å². The van der Waals surface area contributed by atoms with Crippen molar-refractivity contribution in [1.82, 2.24) is 14.8 Å². The zero-order valence-corrected chi connectivity index (χ0v) is 18.3. The largest absolute Gasteiger partial charge is 0.273 e. The van der Waals surface area contributed by atoms with Crippen LogP contribution in [0.1, 0.15) is 17.0 Å². The number of halogens is 1. The normalized spacial score (nSPS) is 11.0. The summed E-state index contributed by atoms with van der Waals surface area (Å²) in [5, 5.41) is 10.6. The number of nitrogens with zero attached hydrogens (tertiary/aromatic N) is 3. The van der Waals surface area contributed by atoms with Crippen LogP contribution in [-0.2, 0) is 11.5 Å². The Hall–Kier alpha value is -2.21. The van der Waals surface area contributed by atoms with Gasteiger partial charge in [-0.1, -0.05) is 71.4 Å². The van der Waals surface area contributed by atoms with Crippen molar-refractivity contribution in [2.24, 2.45) is 0 Å². The highest BCUT2D eigenvalue weighted by Gasteiger charge is 2.15. The van der Waals surface area contributed by atoms with Gasteiger partial charge in [-0.15, -0.1) is 22.0 Å². The van der Waals surface area contributed by atoms with Crippen LogP contribution in [0.25, 0.3) is 5.69 Å². The van der Waals surface area contributed by atoms with Crippen molar-refractivity contribution in [3.05, 3.63) is 101 Å². The van der Waals surface area contributed by atoms with E-state index in [1.165, 1.54) is 16.0 Å². The van der Waals surface area contributed by atoms with E-state index in [0.717, 1.165) is 33.2 Å². The minimum absolute atomic E-state index is 0.753. The number of aryl methyl sites for hydroxylation is 1. The van der Waals surface area contributed by atoms with Gasteiger partial charge in [-0.3, -0.25) is 4.57 Å². The van der Waals surface area contributed by atoms with Crippen LogP contribution >= 0.6 is 35.1 Å². The zero-order valence-electron chi connectivity index (χ0n) is 16.0. The minimum Gasteiger partial charge on any atom is -0.273 e. The molecule has 6 heteroatoms. The Labute approximate surface area is 184 Å². The molecule has 0 atom stereocenters. The van der Waals surface area contributed by atoms with Gasteiger partial charge in [0.1, 0.15) is 5.82 Å². The first kappa shape index (κ1) is 20.1. The number of thioether (sulfide) groups is 2. The molecule has 29 heavy (non-hydrogen) atoms. The second-order valence-corrected chi connectivity index (χ2v) is 9.02. The van der Waals surface area contributed by atoms with Crippen LogP contribution in [0.4, 0.5) is 0 Å². The van der Waals surface area contributed by atoms with E-state index in [-0.39, 0.29) is 0 Å². The quantitative estimate of drug-likeness (QED) is 0.297. The molecule has 0 aliphatic heterocycles. The summed E-state index contributed by atoms with van der Waals surface area (Å²) in [5.74, 6) is 2.48. The molecule has 0 spiro atoms. The maximum absolute atomic E-state index is 6.12. The lowest BCUT2D eigenvalue weighted by Crippen LogP contribution is -2.01. The van der Waals surface area contributed by atoms with E-state index in [1.54, 1.807) is 23.5 Å². The van der Waals surface area contributed by atoms with Gasteiger partial charge in [0, 0.05) is 21.4 Å². The third kappa shape index (κ3) is 5.24. The Balaban J connectivity index is 1.57. The molecular formula is C23H20ClN3S2. The lowest BCUT2D eigenvalue weighted by molar-refractivity contribution is 0.864. The maximum atomic E-state index is 6.12. The number of hydrogen-bond donors (Lipinski definition) is 0. The van der Waals surface area contributed by atoms with Crippen molar-refractivity contribution < 1.29 is 0 Å². The Morgan fingerprint density at radius 3 is 2.38 bits per heavy atom. The van der Waals surface area contributed by atoms with Crippen LogP contribution in [0.3, 0.4) is 0 Å². The fourth-order valence-corrected chi connectivity index (χ4v) is 4.82. The smallest absolute Gasteiger partial charge is 0.196 e. The van der Waals surface area contributed by atoms with Gasteiger partial charge in [0.25, 0.3) is 0 Å². The monoisotopic (exact) mass is 437 g/mol. The van der Waals surface area contributed by atoms with E-state index >= 15 is 0 Å². The van der Waals surface area contributed by atoms with Gasteiger partial charge in [0.05, 0.1) is 5.75 Å². The van der Waals surface area contributed by atoms with Crippen molar-refractivity contribution >= 4 is 35.1 Å². The van der Waals surface area contributed by atoms with E-state index in [1.807, 2.05) is 36.4 Å². The van der Waals surface area contributed by atoms with E-state index in [4.69, 9.17) is 11.6 Å². The number of rotatable bonds is 7. The summed E-state index contributed by atoms with van der Waals surface area (Å²) in [6.07, 6.45) is 0. The van der Waals surface area contributed by atoms with Gasteiger partial charge in [-0.2, -0.15) is 0 Å². The molecule has 4 rings (SSSR count). The van der Waals surface area contributed by atoms with Gasteiger partial charge in [0.2, 0.25) is 0 Å². The molecule has 0 amide bonds. The molecule has 0 aliphatic rings. The third-order valence-corrected chi connectivity index (χ3v) is 6.60. The Morgan fingerprint density at radius 1 is 0.828 bits per heavy atom. The van der Waals surface area contributed by atoms with E-state index in [0.29, 0.717) is 0 Å². The van der Waals surface area contributed by atoms with Crippen molar-refractivity contribution in [2.45, 2.75) is 28.5 Å². The Kier molecular flexibility index (Phi) is 6.60. The highest BCUT2D eigenvalue weighted by molar-refractivity contribution is 7.98. The molecule has 0 fully saturated rings. The molecule has 0 N–H and O–H groups in total. The predicted octanol–water partition coefficient (Wildman–Crippen LogP) is 6.81. The average Bonchev–Trinajstić information content (AvgIpc) is 3.15. The summed E-state index contributed by atoms with van der Waals surface area (Å²) < 4.78 is 2.15. The van der Waals surface area contributed by atoms with Crippen molar-refractivity contribution in [3.8, 4) is 5.69 Å². The summed E-state index contributed by atoms with van der Waals surface area (Å²) in [6.45, 7) is 2.10. The summed E-state index contributed by atoms with van der Waals surface area (Å²) in [4.78, 5) is 1.23. The van der Waals surface area contributed by atoms with Crippen LogP contribution in [-0.4, -0.2) is 14.8 Å². The molecule has 0 aliphatic carbocycles. The fourth-order valence-electron chi connectivity index (χ4n) is 2.88. The van der Waals surface area contributed by atoms with Crippen LogP contribution < -0.4 is 0 Å². The van der Waals surface area contributed by atoms with Crippen LogP contribution in [0.2, 0.25) is 5.02 Å². The highest BCUT2D eigenvalue weighted by atomic mass is 35.5.